The third-order valence-corrected chi connectivity index (χ3v) is 9.53. The number of hydrogen-bond acceptors (Lipinski definition) is 5. The number of benzene rings is 1. The molecule has 1 spiro atoms. The number of rotatable bonds is 9. The summed E-state index contributed by atoms with van der Waals surface area (Å²) in [5, 5.41) is 6.19. The van der Waals surface area contributed by atoms with Crippen molar-refractivity contribution in [3.8, 4) is 11.5 Å². The Kier molecular flexibility index (Phi) is 8.37. The third kappa shape index (κ3) is 6.27. The normalized spacial score (nSPS) is 20.9. The van der Waals surface area contributed by atoms with Crippen molar-refractivity contribution in [3.63, 3.8) is 0 Å². The minimum atomic E-state index is -1.23. The van der Waals surface area contributed by atoms with Crippen LogP contribution in [-0.4, -0.2) is 48.5 Å². The number of nitrogens with one attached hydrogen (secondary N) is 2. The molecule has 3 aromatic rings. The number of amides is 2. The summed E-state index contributed by atoms with van der Waals surface area (Å²) < 4.78 is 49.3. The van der Waals surface area contributed by atoms with Gasteiger partial charge in [0.05, 0.1) is 22.1 Å². The number of aromatic nitrogens is 2. The van der Waals surface area contributed by atoms with E-state index in [0.29, 0.717) is 29.3 Å². The quantitative estimate of drug-likeness (QED) is 0.201. The van der Waals surface area contributed by atoms with Crippen LogP contribution in [0.2, 0.25) is 30.7 Å². The monoisotopic (exact) mass is 592 g/mol. The predicted molar refractivity (Wildman–Crippen MR) is 153 cm³/mol. The summed E-state index contributed by atoms with van der Waals surface area (Å²) in [6.45, 7) is 8.36. The lowest BCUT2D eigenvalue weighted by molar-refractivity contribution is -0.00794. The molecule has 1 aliphatic heterocycles. The van der Waals surface area contributed by atoms with E-state index in [-0.39, 0.29) is 29.8 Å². The second-order valence-corrected chi connectivity index (χ2v) is 17.8. The van der Waals surface area contributed by atoms with Gasteiger partial charge in [-0.2, -0.15) is 0 Å². The van der Waals surface area contributed by atoms with Crippen LogP contribution in [0.4, 0.5) is 19.3 Å². The maximum Gasteiger partial charge on any atom is 0.319 e. The molecule has 3 heterocycles. The zero-order chi connectivity index (χ0) is 28.5. The van der Waals surface area contributed by atoms with Crippen molar-refractivity contribution in [3.05, 3.63) is 47.2 Å². The number of fused-ring (bicyclic) bond motifs is 1. The Labute approximate surface area is 238 Å². The summed E-state index contributed by atoms with van der Waals surface area (Å²) in [6.07, 6.45) is 7.66. The van der Waals surface area contributed by atoms with Crippen LogP contribution in [0.5, 0.6) is 11.5 Å². The topological polar surface area (TPSA) is 86.6 Å². The predicted octanol–water partition coefficient (Wildman–Crippen LogP) is 7.30. The highest BCUT2D eigenvalue weighted by Gasteiger charge is 2.46. The fraction of sp³-hybridized carbons (Fsp3) is 0.500. The molecule has 2 unspecified atom stereocenters. The Balaban J connectivity index is 1.27. The van der Waals surface area contributed by atoms with Crippen molar-refractivity contribution in [1.29, 1.82) is 0 Å². The molecule has 12 heteroatoms. The molecule has 0 radical (unpaired) electrons. The molecule has 40 heavy (non-hydrogen) atoms. The molecule has 2 aliphatic rings. The molecular formula is C28H35ClF2N4O4Si. The number of urea groups is 1. The van der Waals surface area contributed by atoms with Crippen LogP contribution < -0.4 is 15.4 Å². The average Bonchev–Trinajstić information content (AvgIpc) is 3.59. The molecule has 5 rings (SSSR count). The SMILES string of the molecule is C[Si](C)(C)CCOCn1cc(Cl)c2c(Oc3c(F)cc(NC(=O)NC4CCCC45CCCO5)cc3F)ccnc21. The highest BCUT2D eigenvalue weighted by atomic mass is 35.5. The fourth-order valence-electron chi connectivity index (χ4n) is 5.47. The van der Waals surface area contributed by atoms with Gasteiger partial charge in [0.25, 0.3) is 0 Å². The van der Waals surface area contributed by atoms with Crippen molar-refractivity contribution < 1.29 is 27.8 Å². The summed E-state index contributed by atoms with van der Waals surface area (Å²) in [6, 6.07) is 3.88. The number of halogens is 3. The van der Waals surface area contributed by atoms with Crippen molar-refractivity contribution in [2.24, 2.45) is 0 Å². The Morgan fingerprint density at radius 1 is 1.25 bits per heavy atom. The maximum absolute atomic E-state index is 15.1. The molecular weight excluding hydrogens is 558 g/mol. The number of carbonyl (C=O) groups is 1. The van der Waals surface area contributed by atoms with Crippen LogP contribution in [0.3, 0.4) is 0 Å². The number of nitrogens with zero attached hydrogens (tertiary/aromatic N) is 2. The maximum atomic E-state index is 15.1. The fourth-order valence-corrected chi connectivity index (χ4v) is 6.52. The minimum absolute atomic E-state index is 0.0289. The van der Waals surface area contributed by atoms with E-state index < -0.39 is 31.5 Å². The van der Waals surface area contributed by atoms with E-state index in [1.54, 1.807) is 10.8 Å². The number of anilines is 1. The van der Waals surface area contributed by atoms with Crippen molar-refractivity contribution in [1.82, 2.24) is 14.9 Å². The average molecular weight is 593 g/mol. The van der Waals surface area contributed by atoms with Crippen LogP contribution in [0.15, 0.2) is 30.6 Å². The highest BCUT2D eigenvalue weighted by molar-refractivity contribution is 6.76. The van der Waals surface area contributed by atoms with E-state index >= 15 is 8.78 Å². The van der Waals surface area contributed by atoms with E-state index in [4.69, 9.17) is 25.8 Å². The lowest BCUT2D eigenvalue weighted by atomic mass is 9.94. The first-order valence-corrected chi connectivity index (χ1v) is 17.7. The van der Waals surface area contributed by atoms with Gasteiger partial charge in [0.1, 0.15) is 18.1 Å². The Morgan fingerprint density at radius 2 is 2.00 bits per heavy atom. The van der Waals surface area contributed by atoms with Gasteiger partial charge in [-0.25, -0.2) is 18.6 Å². The van der Waals surface area contributed by atoms with Crippen molar-refractivity contribution in [2.45, 2.75) is 76.2 Å². The molecule has 0 bridgehead atoms. The number of ether oxygens (including phenoxy) is 3. The van der Waals surface area contributed by atoms with Gasteiger partial charge in [0, 0.05) is 51.5 Å². The van der Waals surface area contributed by atoms with Gasteiger partial charge >= 0.3 is 6.03 Å². The van der Waals surface area contributed by atoms with Crippen molar-refractivity contribution in [2.75, 3.05) is 18.5 Å². The zero-order valence-corrected chi connectivity index (χ0v) is 24.7. The first-order valence-electron chi connectivity index (χ1n) is 13.6. The minimum Gasteiger partial charge on any atom is -0.450 e. The van der Waals surface area contributed by atoms with Crippen LogP contribution in [0.1, 0.15) is 32.1 Å². The first-order chi connectivity index (χ1) is 19.0. The second kappa shape index (κ2) is 11.6. The van der Waals surface area contributed by atoms with E-state index in [1.165, 1.54) is 12.3 Å². The summed E-state index contributed by atoms with van der Waals surface area (Å²) in [5.41, 5.74) is 0.114. The van der Waals surface area contributed by atoms with Gasteiger partial charge in [-0.1, -0.05) is 31.2 Å². The zero-order valence-electron chi connectivity index (χ0n) is 23.0. The molecule has 216 valence electrons. The van der Waals surface area contributed by atoms with Gasteiger partial charge in [0.2, 0.25) is 0 Å². The van der Waals surface area contributed by atoms with E-state index in [1.807, 2.05) is 0 Å². The smallest absolute Gasteiger partial charge is 0.319 e. The number of carbonyl (C=O) groups excluding carboxylic acids is 1. The van der Waals surface area contributed by atoms with Crippen LogP contribution in [0.25, 0.3) is 11.0 Å². The van der Waals surface area contributed by atoms with E-state index in [0.717, 1.165) is 50.3 Å². The Hall–Kier alpha value is -2.73. The number of pyridine rings is 1. The standard InChI is InChI=1S/C28H35ClF2N4O4Si/c1-40(2,3)13-12-37-17-35-16-19(29)24-22(7-10-32-26(24)35)39-25-20(30)14-18(15-21(25)31)33-27(36)34-23-6-4-8-28(23)9-5-11-38-28/h7,10,14-16,23H,4-6,8-9,11-13,17H2,1-3H3,(H2,33,34,36). The molecule has 8 nitrogen and oxygen atoms in total. The van der Waals surface area contributed by atoms with Gasteiger partial charge in [0.15, 0.2) is 17.4 Å². The molecule has 2 atom stereocenters. The van der Waals surface area contributed by atoms with Gasteiger partial charge in [-0.05, 0) is 44.2 Å². The Morgan fingerprint density at radius 3 is 2.70 bits per heavy atom. The van der Waals surface area contributed by atoms with Crippen molar-refractivity contribution >= 4 is 42.4 Å². The van der Waals surface area contributed by atoms with E-state index in [9.17, 15) is 4.79 Å². The molecule has 1 aliphatic carbocycles. The molecule has 1 saturated heterocycles. The van der Waals surface area contributed by atoms with Crippen LogP contribution in [0, 0.1) is 11.6 Å². The summed E-state index contributed by atoms with van der Waals surface area (Å²) in [4.78, 5) is 17.0. The summed E-state index contributed by atoms with van der Waals surface area (Å²) >= 11 is 6.47. The number of hydrogen-bond donors (Lipinski definition) is 2. The van der Waals surface area contributed by atoms with Gasteiger partial charge in [-0.15, -0.1) is 0 Å². The summed E-state index contributed by atoms with van der Waals surface area (Å²) in [5.74, 6) is -2.40. The first kappa shape index (κ1) is 28.8. The third-order valence-electron chi connectivity index (χ3n) is 7.53. The summed E-state index contributed by atoms with van der Waals surface area (Å²) in [7, 11) is -1.23. The van der Waals surface area contributed by atoms with Gasteiger partial charge < -0.3 is 29.4 Å². The molecule has 1 aromatic carbocycles. The lowest BCUT2D eigenvalue weighted by Gasteiger charge is -2.31. The largest absolute Gasteiger partial charge is 0.450 e. The highest BCUT2D eigenvalue weighted by Crippen LogP contribution is 2.41. The molecule has 2 N–H and O–H groups in total. The second-order valence-electron chi connectivity index (χ2n) is 11.7. The molecule has 2 aromatic heterocycles. The molecule has 2 amide bonds. The lowest BCUT2D eigenvalue weighted by Crippen LogP contribution is -2.50. The Bertz CT molecular complexity index is 1360. The van der Waals surface area contributed by atoms with E-state index in [2.05, 4.69) is 35.3 Å². The van der Waals surface area contributed by atoms with Gasteiger partial charge in [-0.3, -0.25) is 0 Å². The molecule has 1 saturated carbocycles. The van der Waals surface area contributed by atoms with Crippen LogP contribution >= 0.6 is 11.6 Å². The molecule has 2 fully saturated rings. The van der Waals surface area contributed by atoms with Crippen LogP contribution in [-0.2, 0) is 16.2 Å².